The molecular formula is C19H13FN2O5S2. The second kappa shape index (κ2) is 6.68. The molecule has 0 radical (unpaired) electrons. The Hall–Kier alpha value is -3.24. The number of amides is 1. The van der Waals surface area contributed by atoms with Crippen molar-refractivity contribution in [1.29, 1.82) is 0 Å². The summed E-state index contributed by atoms with van der Waals surface area (Å²) >= 11 is 0. The van der Waals surface area contributed by atoms with Crippen LogP contribution in [0.25, 0.3) is 0 Å². The zero-order valence-corrected chi connectivity index (χ0v) is 16.2. The number of nitrogens with zero attached hydrogens (tertiary/aromatic N) is 1. The summed E-state index contributed by atoms with van der Waals surface area (Å²) in [5, 5.41) is 2.48. The maximum Gasteiger partial charge on any atom is 0.279 e. The Labute approximate surface area is 166 Å². The summed E-state index contributed by atoms with van der Waals surface area (Å²) in [6.45, 7) is 0. The molecule has 0 spiro atoms. The van der Waals surface area contributed by atoms with Crippen molar-refractivity contribution in [3.63, 3.8) is 0 Å². The average molecular weight is 432 g/mol. The third-order valence-electron chi connectivity index (χ3n) is 4.30. The topological polar surface area (TPSA) is 101 Å². The van der Waals surface area contributed by atoms with Crippen molar-refractivity contribution in [1.82, 2.24) is 0 Å². The number of benzene rings is 3. The largest absolute Gasteiger partial charge is 0.322 e. The molecule has 3 aromatic carbocycles. The normalized spacial score (nSPS) is 16.2. The van der Waals surface area contributed by atoms with E-state index in [1.165, 1.54) is 66.7 Å². The predicted molar refractivity (Wildman–Crippen MR) is 104 cm³/mol. The minimum absolute atomic E-state index is 0.106. The predicted octanol–water partition coefficient (Wildman–Crippen LogP) is 2.98. The minimum Gasteiger partial charge on any atom is -0.322 e. The second-order valence-corrected chi connectivity index (χ2v) is 9.88. The Morgan fingerprint density at radius 2 is 1.28 bits per heavy atom. The lowest BCUT2D eigenvalue weighted by atomic mass is 10.2. The Kier molecular flexibility index (Phi) is 4.39. The SMILES string of the molecule is O=C(Nc1ccc(N2S(=O)(=O)c3ccccc3S2(=O)=O)cc1)c1ccccc1F. The summed E-state index contributed by atoms with van der Waals surface area (Å²) in [7, 11) is -8.57. The molecule has 0 unspecified atom stereocenters. The summed E-state index contributed by atoms with van der Waals surface area (Å²) in [4.78, 5) is 11.6. The van der Waals surface area contributed by atoms with Crippen LogP contribution >= 0.6 is 0 Å². The van der Waals surface area contributed by atoms with E-state index in [0.717, 1.165) is 6.07 Å². The summed E-state index contributed by atoms with van der Waals surface area (Å²) in [5.74, 6) is -1.38. The molecule has 29 heavy (non-hydrogen) atoms. The maximum absolute atomic E-state index is 13.7. The van der Waals surface area contributed by atoms with Gasteiger partial charge in [0.1, 0.15) is 15.6 Å². The Morgan fingerprint density at radius 3 is 1.83 bits per heavy atom. The molecule has 0 saturated carbocycles. The Morgan fingerprint density at radius 1 is 0.759 bits per heavy atom. The van der Waals surface area contributed by atoms with E-state index < -0.39 is 31.8 Å². The van der Waals surface area contributed by atoms with Crippen molar-refractivity contribution in [3.8, 4) is 0 Å². The van der Waals surface area contributed by atoms with Gasteiger partial charge in [0, 0.05) is 5.69 Å². The van der Waals surface area contributed by atoms with E-state index in [0.29, 0.717) is 3.71 Å². The van der Waals surface area contributed by atoms with Gasteiger partial charge in [-0.2, -0.15) is 20.5 Å². The fourth-order valence-corrected chi connectivity index (χ4v) is 7.42. The summed E-state index contributed by atoms with van der Waals surface area (Å²) in [5.41, 5.74) is -0.0182. The van der Waals surface area contributed by atoms with Crippen molar-refractivity contribution in [2.45, 2.75) is 9.79 Å². The molecule has 0 saturated heterocycles. The lowest BCUT2D eigenvalue weighted by Crippen LogP contribution is -2.30. The molecule has 0 bridgehead atoms. The van der Waals surface area contributed by atoms with Crippen LogP contribution in [0, 0.1) is 5.82 Å². The Bertz CT molecular complexity index is 1280. The van der Waals surface area contributed by atoms with Crippen molar-refractivity contribution in [2.24, 2.45) is 0 Å². The van der Waals surface area contributed by atoms with Gasteiger partial charge in [-0.3, -0.25) is 4.79 Å². The fraction of sp³-hybridized carbons (Fsp3) is 0. The standard InChI is InChI=1S/C19H13FN2O5S2/c20-16-6-2-1-5-15(16)19(23)21-13-9-11-14(12-10-13)22-28(24,25)17-7-3-4-8-18(17)29(22,26)27/h1-12H,(H,21,23). The van der Waals surface area contributed by atoms with Gasteiger partial charge < -0.3 is 5.32 Å². The number of nitrogens with one attached hydrogen (secondary N) is 1. The molecule has 0 aromatic heterocycles. The summed E-state index contributed by atoms with van der Waals surface area (Å²) in [6, 6.07) is 15.9. The van der Waals surface area contributed by atoms with Gasteiger partial charge in [0.05, 0.1) is 11.3 Å². The van der Waals surface area contributed by atoms with E-state index in [-0.39, 0.29) is 26.7 Å². The first-order valence-corrected chi connectivity index (χ1v) is 11.2. The van der Waals surface area contributed by atoms with Gasteiger partial charge in [0.15, 0.2) is 0 Å². The monoisotopic (exact) mass is 432 g/mol. The number of carbonyl (C=O) groups is 1. The molecule has 0 atom stereocenters. The zero-order chi connectivity index (χ0) is 20.8. The van der Waals surface area contributed by atoms with Crippen LogP contribution in [0.4, 0.5) is 15.8 Å². The van der Waals surface area contributed by atoms with E-state index >= 15 is 0 Å². The Balaban J connectivity index is 1.65. The molecular weight excluding hydrogens is 419 g/mol. The van der Waals surface area contributed by atoms with E-state index in [4.69, 9.17) is 0 Å². The highest BCUT2D eigenvalue weighted by atomic mass is 32.3. The minimum atomic E-state index is -4.28. The molecule has 7 nitrogen and oxygen atoms in total. The smallest absolute Gasteiger partial charge is 0.279 e. The molecule has 1 amide bonds. The van der Waals surface area contributed by atoms with Crippen LogP contribution in [0.3, 0.4) is 0 Å². The van der Waals surface area contributed by atoms with Gasteiger partial charge in [-0.1, -0.05) is 24.3 Å². The number of hydrogen-bond acceptors (Lipinski definition) is 5. The van der Waals surface area contributed by atoms with Crippen LogP contribution in [0.1, 0.15) is 10.4 Å². The van der Waals surface area contributed by atoms with Crippen LogP contribution < -0.4 is 9.03 Å². The van der Waals surface area contributed by atoms with Crippen molar-refractivity contribution >= 4 is 37.3 Å². The lowest BCUT2D eigenvalue weighted by molar-refractivity contribution is 0.102. The molecule has 0 fully saturated rings. The van der Waals surface area contributed by atoms with Crippen LogP contribution in [0.5, 0.6) is 0 Å². The van der Waals surface area contributed by atoms with E-state index in [9.17, 15) is 26.0 Å². The van der Waals surface area contributed by atoms with E-state index in [1.807, 2.05) is 0 Å². The van der Waals surface area contributed by atoms with Gasteiger partial charge in [-0.05, 0) is 48.5 Å². The first kappa shape index (κ1) is 19.1. The number of halogens is 1. The third-order valence-corrected chi connectivity index (χ3v) is 8.72. The molecule has 1 aliphatic heterocycles. The molecule has 1 aliphatic rings. The number of anilines is 2. The van der Waals surface area contributed by atoms with Gasteiger partial charge >= 0.3 is 0 Å². The zero-order valence-electron chi connectivity index (χ0n) is 14.6. The highest BCUT2D eigenvalue weighted by Gasteiger charge is 2.47. The number of carbonyl (C=O) groups excluding carboxylic acids is 1. The fourth-order valence-electron chi connectivity index (χ4n) is 2.97. The molecule has 3 aromatic rings. The van der Waals surface area contributed by atoms with Crippen molar-refractivity contribution in [3.05, 3.63) is 84.2 Å². The molecule has 4 rings (SSSR count). The van der Waals surface area contributed by atoms with Gasteiger partial charge in [0.25, 0.3) is 26.0 Å². The number of rotatable bonds is 3. The third kappa shape index (κ3) is 3.06. The number of hydrogen-bond donors (Lipinski definition) is 1. The van der Waals surface area contributed by atoms with Gasteiger partial charge in [-0.15, -0.1) is 0 Å². The molecule has 0 aliphatic carbocycles. The molecule has 1 N–H and O–H groups in total. The first-order chi connectivity index (χ1) is 13.7. The van der Waals surface area contributed by atoms with Crippen LogP contribution in [0.2, 0.25) is 0 Å². The number of sulfonamides is 2. The lowest BCUT2D eigenvalue weighted by Gasteiger charge is -2.16. The average Bonchev–Trinajstić information content (AvgIpc) is 2.85. The van der Waals surface area contributed by atoms with Crippen LogP contribution in [-0.4, -0.2) is 22.7 Å². The second-order valence-electron chi connectivity index (χ2n) is 6.13. The van der Waals surface area contributed by atoms with E-state index in [2.05, 4.69) is 5.32 Å². The molecule has 1 heterocycles. The highest BCUT2D eigenvalue weighted by molar-refractivity contribution is 8.12. The summed E-state index contributed by atoms with van der Waals surface area (Å²) < 4.78 is 64.9. The first-order valence-electron chi connectivity index (χ1n) is 8.28. The number of fused-ring (bicyclic) bond motifs is 1. The van der Waals surface area contributed by atoms with Crippen LogP contribution in [-0.2, 0) is 20.0 Å². The molecule has 10 heteroatoms. The van der Waals surface area contributed by atoms with E-state index in [1.54, 1.807) is 0 Å². The van der Waals surface area contributed by atoms with Gasteiger partial charge in [0.2, 0.25) is 0 Å². The highest BCUT2D eigenvalue weighted by Crippen LogP contribution is 2.40. The van der Waals surface area contributed by atoms with Crippen LogP contribution in [0.15, 0.2) is 82.6 Å². The van der Waals surface area contributed by atoms with Crippen molar-refractivity contribution in [2.75, 3.05) is 9.03 Å². The van der Waals surface area contributed by atoms with Gasteiger partial charge in [-0.25, -0.2) is 4.39 Å². The molecule has 148 valence electrons. The maximum atomic E-state index is 13.7. The quantitative estimate of drug-likeness (QED) is 0.686. The van der Waals surface area contributed by atoms with Crippen molar-refractivity contribution < 1.29 is 26.0 Å². The summed E-state index contributed by atoms with van der Waals surface area (Å²) in [6.07, 6.45) is 0.